The van der Waals surface area contributed by atoms with Crippen LogP contribution >= 0.6 is 0 Å². The number of benzene rings is 2. The Morgan fingerprint density at radius 1 is 0.690 bits per heavy atom. The molecule has 3 aromatic carbocycles. The zero-order valence-corrected chi connectivity index (χ0v) is 31.9. The fourth-order valence-electron chi connectivity index (χ4n) is 6.46. The molecule has 4 heteroatoms. The van der Waals surface area contributed by atoms with Crippen molar-refractivity contribution < 1.29 is 48.1 Å². The molecule has 0 amide bonds. The summed E-state index contributed by atoms with van der Waals surface area (Å²) in [4.78, 5) is 0. The second-order valence-electron chi connectivity index (χ2n) is 14.4. The number of hydrogen-bond donors (Lipinski definition) is 0. The summed E-state index contributed by atoms with van der Waals surface area (Å²) in [5, 5.41) is 5.48. The molecule has 0 aromatic heterocycles. The summed E-state index contributed by atoms with van der Waals surface area (Å²) in [6.07, 6.45) is 25.7. The van der Waals surface area contributed by atoms with Crippen LogP contribution in [0, 0.1) is 6.08 Å². The third-order valence-corrected chi connectivity index (χ3v) is 18.0. The summed E-state index contributed by atoms with van der Waals surface area (Å²) >= 11 is 1.95. The maximum atomic E-state index is 2.99. The van der Waals surface area contributed by atoms with Gasteiger partial charge in [-0.25, -0.2) is 12.2 Å². The van der Waals surface area contributed by atoms with Gasteiger partial charge in [-0.3, -0.25) is 6.08 Å². The Morgan fingerprint density at radius 3 is 1.43 bits per heavy atom. The van der Waals surface area contributed by atoms with Crippen molar-refractivity contribution in [3.63, 3.8) is 0 Å². The van der Waals surface area contributed by atoms with Gasteiger partial charge in [0.2, 0.25) is 0 Å². The van der Waals surface area contributed by atoms with Crippen molar-refractivity contribution in [2.24, 2.45) is 0 Å². The van der Waals surface area contributed by atoms with Gasteiger partial charge in [-0.15, -0.1) is 46.2 Å². The van der Waals surface area contributed by atoms with E-state index in [-0.39, 0.29) is 41.1 Å². The van der Waals surface area contributed by atoms with E-state index in [0.29, 0.717) is 0 Å². The number of fused-ring (bicyclic) bond motifs is 3. The molecule has 0 N–H and O–H groups in total. The first-order chi connectivity index (χ1) is 19.0. The van der Waals surface area contributed by atoms with E-state index in [2.05, 4.69) is 96.2 Å². The summed E-state index contributed by atoms with van der Waals surface area (Å²) < 4.78 is 0. The van der Waals surface area contributed by atoms with E-state index in [0.717, 1.165) is 6.42 Å². The predicted molar refractivity (Wildman–Crippen MR) is 175 cm³/mol. The van der Waals surface area contributed by atoms with E-state index in [1.165, 1.54) is 56.6 Å². The first kappa shape index (κ1) is 37.7. The number of hydrogen-bond acceptors (Lipinski definition) is 0. The van der Waals surface area contributed by atoms with E-state index in [4.69, 9.17) is 0 Å². The van der Waals surface area contributed by atoms with Gasteiger partial charge >= 0.3 is 104 Å². The van der Waals surface area contributed by atoms with Gasteiger partial charge in [-0.05, 0) is 10.8 Å². The average molecular weight is 699 g/mol. The Hall–Kier alpha value is -0.530. The van der Waals surface area contributed by atoms with Crippen LogP contribution in [0.4, 0.5) is 0 Å². The molecular weight excluding hydrogens is 647 g/mol. The van der Waals surface area contributed by atoms with Gasteiger partial charge in [0.1, 0.15) is 0 Å². The molecule has 228 valence electrons. The molecular formula is C38H52Cl2SiZr-2. The molecule has 0 nitrogen and oxygen atoms in total. The van der Waals surface area contributed by atoms with Crippen molar-refractivity contribution in [1.29, 1.82) is 0 Å². The van der Waals surface area contributed by atoms with Crippen molar-refractivity contribution in [2.75, 3.05) is 0 Å². The number of allylic oxidation sites excluding steroid dienone is 4. The van der Waals surface area contributed by atoms with Crippen LogP contribution in [0.3, 0.4) is 0 Å². The quantitative estimate of drug-likeness (QED) is 0.234. The summed E-state index contributed by atoms with van der Waals surface area (Å²) in [5.74, 6) is 0. The monoisotopic (exact) mass is 696 g/mol. The normalized spacial score (nSPS) is 17.5. The molecule has 42 heavy (non-hydrogen) atoms. The van der Waals surface area contributed by atoms with Crippen LogP contribution in [0.15, 0.2) is 60.7 Å². The molecule has 0 saturated heterocycles. The molecule has 0 heterocycles. The van der Waals surface area contributed by atoms with Crippen molar-refractivity contribution >= 4 is 27.0 Å². The molecule has 0 aliphatic heterocycles. The van der Waals surface area contributed by atoms with E-state index in [1.54, 1.807) is 51.4 Å². The van der Waals surface area contributed by atoms with E-state index in [9.17, 15) is 0 Å². The van der Waals surface area contributed by atoms with Crippen LogP contribution in [-0.4, -0.2) is 5.43 Å². The molecule has 2 fully saturated rings. The third-order valence-electron chi connectivity index (χ3n) is 9.11. The van der Waals surface area contributed by atoms with Crippen LogP contribution < -0.4 is 24.8 Å². The average Bonchev–Trinajstić information content (AvgIpc) is 3.64. The van der Waals surface area contributed by atoms with E-state index < -0.39 is 0 Å². The fourth-order valence-corrected chi connectivity index (χ4v) is 13.4. The SMILES string of the molecule is CC(C)(C)c1ccc2c(c1)[cH-]c1cc(C(C)(C)C)ccc12.[C-]1=CC=CC1.[Cl-].[Cl-].[Zr+2]=[Si](C1CCCCC1)C1CCCCC1. The standard InChI is InChI=1S/C21H25.C12H22Si.C5H5.2ClH.Zr/c1-20(2,3)16-7-9-18-14(12-16)11-15-13-17(21(4,5)6)8-10-19(15)18;1-3-7-11(8-4-1)13-12-9-5-2-6-10-12;1-2-4-5-3-1;;;/h7-13H,1-6H3;11-12H,1-10H2;1-3H,4H2;2*1H;/q-1;;-1;;;+2/p-2. The predicted octanol–water partition coefficient (Wildman–Crippen LogP) is 5.81. The van der Waals surface area contributed by atoms with Crippen LogP contribution in [0.5, 0.6) is 0 Å². The summed E-state index contributed by atoms with van der Waals surface area (Å²) in [6, 6.07) is 16.2. The second-order valence-corrected chi connectivity index (χ2v) is 21.2. The third kappa shape index (κ3) is 10.5. The first-order valence-electron chi connectivity index (χ1n) is 16.0. The van der Waals surface area contributed by atoms with Gasteiger partial charge in [-0.1, -0.05) is 76.9 Å². The van der Waals surface area contributed by atoms with Crippen molar-refractivity contribution in [1.82, 2.24) is 0 Å². The fraction of sp³-hybridized carbons (Fsp3) is 0.553. The number of rotatable bonds is 2. The summed E-state index contributed by atoms with van der Waals surface area (Å²) in [6.45, 7) is 13.6. The molecule has 3 aliphatic rings. The van der Waals surface area contributed by atoms with Gasteiger partial charge in [0.15, 0.2) is 0 Å². The molecule has 0 spiro atoms. The zero-order chi connectivity index (χ0) is 28.8. The van der Waals surface area contributed by atoms with Crippen LogP contribution in [-0.2, 0) is 34.2 Å². The summed E-state index contributed by atoms with van der Waals surface area (Å²) in [7, 11) is 0. The van der Waals surface area contributed by atoms with Crippen molar-refractivity contribution in [2.45, 2.75) is 134 Å². The molecule has 0 unspecified atom stereocenters. The first-order valence-corrected chi connectivity index (χ1v) is 21.3. The second kappa shape index (κ2) is 17.2. The zero-order valence-electron chi connectivity index (χ0n) is 27.0. The molecule has 3 aromatic rings. The Bertz CT molecular complexity index is 1220. The van der Waals surface area contributed by atoms with Gasteiger partial charge in [-0.2, -0.15) is 6.08 Å². The molecule has 6 rings (SSSR count). The van der Waals surface area contributed by atoms with Gasteiger partial charge in [0, 0.05) is 0 Å². The summed E-state index contributed by atoms with van der Waals surface area (Å²) in [5.41, 5.74) is 5.78. The number of halogens is 2. The van der Waals surface area contributed by atoms with E-state index in [1.807, 2.05) is 35.5 Å². The minimum atomic E-state index is 0. The maximum absolute atomic E-state index is 2.99. The Balaban J connectivity index is 0.000000253. The Kier molecular flexibility index (Phi) is 15.5. The molecule has 0 atom stereocenters. The Labute approximate surface area is 285 Å². The molecule has 0 bridgehead atoms. The molecule has 3 aliphatic carbocycles. The van der Waals surface area contributed by atoms with Gasteiger partial charge in [0.25, 0.3) is 0 Å². The molecule has 2 saturated carbocycles. The van der Waals surface area contributed by atoms with Gasteiger partial charge in [0.05, 0.1) is 0 Å². The molecule has 0 radical (unpaired) electrons. The van der Waals surface area contributed by atoms with Gasteiger partial charge < -0.3 is 24.8 Å². The van der Waals surface area contributed by atoms with Crippen LogP contribution in [0.2, 0.25) is 11.1 Å². The van der Waals surface area contributed by atoms with Crippen LogP contribution in [0.25, 0.3) is 21.5 Å². The van der Waals surface area contributed by atoms with Crippen molar-refractivity contribution in [3.8, 4) is 0 Å². The topological polar surface area (TPSA) is 0 Å². The minimum absolute atomic E-state index is 0. The van der Waals surface area contributed by atoms with Crippen LogP contribution in [0.1, 0.15) is 123 Å². The van der Waals surface area contributed by atoms with E-state index >= 15 is 0 Å². The Morgan fingerprint density at radius 2 is 1.12 bits per heavy atom. The van der Waals surface area contributed by atoms with Crippen molar-refractivity contribution in [3.05, 3.63) is 77.9 Å².